The fourth-order valence-electron chi connectivity index (χ4n) is 2.26. The topological polar surface area (TPSA) is 27.7 Å². The summed E-state index contributed by atoms with van der Waals surface area (Å²) in [6.07, 6.45) is 0.352. The van der Waals surface area contributed by atoms with Gasteiger partial charge in [-0.15, -0.1) is 0 Å². The number of ether oxygens (including phenoxy) is 1. The molecule has 1 fully saturated rings. The lowest BCUT2D eigenvalue weighted by Gasteiger charge is -2.34. The van der Waals surface area contributed by atoms with Crippen LogP contribution in [0.5, 0.6) is 0 Å². The van der Waals surface area contributed by atoms with Crippen molar-refractivity contribution in [1.29, 1.82) is 0 Å². The summed E-state index contributed by atoms with van der Waals surface area (Å²) < 4.78 is 5.75. The Morgan fingerprint density at radius 1 is 1.56 bits per heavy atom. The molecule has 1 atom stereocenters. The Morgan fingerprint density at radius 3 is 3.00 bits per heavy atom. The van der Waals surface area contributed by atoms with E-state index in [0.29, 0.717) is 6.10 Å². The lowest BCUT2D eigenvalue weighted by molar-refractivity contribution is -0.0283. The van der Waals surface area contributed by atoms with Gasteiger partial charge in [-0.25, -0.2) is 0 Å². The lowest BCUT2D eigenvalue weighted by atomic mass is 10.2. The number of rotatable bonds is 8. The molecule has 0 bridgehead atoms. The minimum atomic E-state index is 0.352. The van der Waals surface area contributed by atoms with Crippen molar-refractivity contribution in [2.24, 2.45) is 0 Å². The SMILES string of the molecule is C=C(C)CN(C)CCN1CCO[C@@H](CNCC)C1. The smallest absolute Gasteiger partial charge is 0.0826 e. The Bertz CT molecular complexity index is 245. The van der Waals surface area contributed by atoms with Crippen LogP contribution < -0.4 is 5.32 Å². The van der Waals surface area contributed by atoms with Gasteiger partial charge in [-0.1, -0.05) is 19.1 Å². The molecular weight excluding hydrogens is 226 g/mol. The van der Waals surface area contributed by atoms with E-state index in [1.54, 1.807) is 0 Å². The van der Waals surface area contributed by atoms with E-state index < -0.39 is 0 Å². The first-order valence-corrected chi connectivity index (χ1v) is 6.99. The van der Waals surface area contributed by atoms with Crippen LogP contribution in [0.15, 0.2) is 12.2 Å². The van der Waals surface area contributed by atoms with Crippen LogP contribution >= 0.6 is 0 Å². The second-order valence-corrected chi connectivity index (χ2v) is 5.30. The van der Waals surface area contributed by atoms with Crippen molar-refractivity contribution in [2.75, 3.05) is 59.5 Å². The Balaban J connectivity index is 2.19. The lowest BCUT2D eigenvalue weighted by Crippen LogP contribution is -2.48. The van der Waals surface area contributed by atoms with Gasteiger partial charge in [-0.05, 0) is 20.5 Å². The summed E-state index contributed by atoms with van der Waals surface area (Å²) in [5.41, 5.74) is 1.23. The fraction of sp³-hybridized carbons (Fsp3) is 0.857. The molecule has 1 aliphatic heterocycles. The highest BCUT2D eigenvalue weighted by molar-refractivity contribution is 4.91. The minimum Gasteiger partial charge on any atom is -0.374 e. The Labute approximate surface area is 112 Å². The molecule has 106 valence electrons. The Hall–Kier alpha value is -0.420. The molecule has 0 amide bonds. The summed E-state index contributed by atoms with van der Waals surface area (Å²) in [6, 6.07) is 0. The summed E-state index contributed by atoms with van der Waals surface area (Å²) in [5, 5.41) is 3.36. The molecule has 4 heteroatoms. The van der Waals surface area contributed by atoms with Gasteiger partial charge in [0.25, 0.3) is 0 Å². The number of morpholine rings is 1. The predicted molar refractivity (Wildman–Crippen MR) is 77.0 cm³/mol. The second-order valence-electron chi connectivity index (χ2n) is 5.30. The average molecular weight is 255 g/mol. The highest BCUT2D eigenvalue weighted by Gasteiger charge is 2.19. The zero-order valence-corrected chi connectivity index (χ0v) is 12.2. The number of hydrogen-bond donors (Lipinski definition) is 1. The molecular formula is C14H29N3O. The van der Waals surface area contributed by atoms with Crippen molar-refractivity contribution in [2.45, 2.75) is 20.0 Å². The van der Waals surface area contributed by atoms with E-state index in [4.69, 9.17) is 4.74 Å². The predicted octanol–water partition coefficient (Wildman–Crippen LogP) is 0.805. The van der Waals surface area contributed by atoms with E-state index in [-0.39, 0.29) is 0 Å². The number of hydrogen-bond acceptors (Lipinski definition) is 4. The first kappa shape index (κ1) is 15.6. The maximum Gasteiger partial charge on any atom is 0.0826 e. The van der Waals surface area contributed by atoms with Crippen LogP contribution in [0, 0.1) is 0 Å². The average Bonchev–Trinajstić information content (AvgIpc) is 2.33. The molecule has 4 nitrogen and oxygen atoms in total. The number of nitrogens with zero attached hydrogens (tertiary/aromatic N) is 2. The molecule has 0 aromatic heterocycles. The molecule has 18 heavy (non-hydrogen) atoms. The molecule has 1 heterocycles. The Kier molecular flexibility index (Phi) is 7.51. The van der Waals surface area contributed by atoms with E-state index in [2.05, 4.69) is 42.6 Å². The summed E-state index contributed by atoms with van der Waals surface area (Å²) >= 11 is 0. The molecule has 0 saturated carbocycles. The van der Waals surface area contributed by atoms with Crippen molar-refractivity contribution >= 4 is 0 Å². The molecule has 0 unspecified atom stereocenters. The maximum absolute atomic E-state index is 5.75. The third kappa shape index (κ3) is 6.50. The van der Waals surface area contributed by atoms with Crippen molar-refractivity contribution in [3.8, 4) is 0 Å². The first-order valence-electron chi connectivity index (χ1n) is 6.99. The monoisotopic (exact) mass is 255 g/mol. The normalized spacial score (nSPS) is 21.4. The van der Waals surface area contributed by atoms with E-state index in [1.165, 1.54) is 5.57 Å². The van der Waals surface area contributed by atoms with E-state index in [0.717, 1.165) is 52.4 Å². The zero-order chi connectivity index (χ0) is 13.4. The summed E-state index contributed by atoms with van der Waals surface area (Å²) in [6.45, 7) is 16.3. The standard InChI is InChI=1S/C14H29N3O/c1-5-15-10-14-12-17(8-9-18-14)7-6-16(4)11-13(2)3/h14-15H,2,5-12H2,1,3-4H3/t14-/m0/s1. The summed E-state index contributed by atoms with van der Waals surface area (Å²) in [7, 11) is 2.16. The zero-order valence-electron chi connectivity index (χ0n) is 12.2. The summed E-state index contributed by atoms with van der Waals surface area (Å²) in [4.78, 5) is 4.83. The molecule has 1 saturated heterocycles. The van der Waals surface area contributed by atoms with E-state index in [9.17, 15) is 0 Å². The molecule has 0 aromatic carbocycles. The minimum absolute atomic E-state index is 0.352. The third-order valence-corrected chi connectivity index (χ3v) is 3.18. The molecule has 1 aliphatic rings. The molecule has 1 N–H and O–H groups in total. The molecule has 0 aromatic rings. The number of nitrogens with one attached hydrogen (secondary N) is 1. The molecule has 1 rings (SSSR count). The van der Waals surface area contributed by atoms with Crippen molar-refractivity contribution in [1.82, 2.24) is 15.1 Å². The van der Waals surface area contributed by atoms with Crippen molar-refractivity contribution < 1.29 is 4.74 Å². The van der Waals surface area contributed by atoms with Crippen LogP contribution in [-0.2, 0) is 4.74 Å². The molecule has 0 radical (unpaired) electrons. The van der Waals surface area contributed by atoms with Crippen molar-refractivity contribution in [3.05, 3.63) is 12.2 Å². The van der Waals surface area contributed by atoms with Gasteiger partial charge >= 0.3 is 0 Å². The first-order chi connectivity index (χ1) is 8.61. The summed E-state index contributed by atoms with van der Waals surface area (Å²) in [5.74, 6) is 0. The van der Waals surface area contributed by atoms with Gasteiger partial charge in [0.1, 0.15) is 0 Å². The van der Waals surface area contributed by atoms with Gasteiger partial charge in [0, 0.05) is 39.3 Å². The van der Waals surface area contributed by atoms with Crippen molar-refractivity contribution in [3.63, 3.8) is 0 Å². The Morgan fingerprint density at radius 2 is 2.33 bits per heavy atom. The van der Waals surface area contributed by atoms with Gasteiger partial charge in [0.15, 0.2) is 0 Å². The quantitative estimate of drug-likeness (QED) is 0.650. The van der Waals surface area contributed by atoms with Gasteiger partial charge in [-0.2, -0.15) is 0 Å². The van der Waals surface area contributed by atoms with E-state index in [1.807, 2.05) is 0 Å². The molecule has 0 spiro atoms. The van der Waals surface area contributed by atoms with Crippen LogP contribution in [0.2, 0.25) is 0 Å². The van der Waals surface area contributed by atoms with Gasteiger partial charge in [-0.3, -0.25) is 4.90 Å². The van der Waals surface area contributed by atoms with Gasteiger partial charge in [0.2, 0.25) is 0 Å². The van der Waals surface area contributed by atoms with Crippen LogP contribution in [0.25, 0.3) is 0 Å². The van der Waals surface area contributed by atoms with Crippen LogP contribution in [0.3, 0.4) is 0 Å². The largest absolute Gasteiger partial charge is 0.374 e. The second kappa shape index (κ2) is 8.64. The maximum atomic E-state index is 5.75. The fourth-order valence-corrected chi connectivity index (χ4v) is 2.26. The van der Waals surface area contributed by atoms with Crippen LogP contribution in [0.1, 0.15) is 13.8 Å². The van der Waals surface area contributed by atoms with E-state index >= 15 is 0 Å². The van der Waals surface area contributed by atoms with Crippen LogP contribution in [-0.4, -0.2) is 75.4 Å². The number of likely N-dealkylation sites (N-methyl/N-ethyl adjacent to an activating group) is 2. The highest BCUT2D eigenvalue weighted by Crippen LogP contribution is 2.04. The third-order valence-electron chi connectivity index (χ3n) is 3.18. The molecule has 0 aliphatic carbocycles. The highest BCUT2D eigenvalue weighted by atomic mass is 16.5. The van der Waals surface area contributed by atoms with Crippen LogP contribution in [0.4, 0.5) is 0 Å². The van der Waals surface area contributed by atoms with Gasteiger partial charge in [0.05, 0.1) is 12.7 Å². The van der Waals surface area contributed by atoms with Gasteiger partial charge < -0.3 is 15.0 Å².